The number of hydrogen-bond acceptors (Lipinski definition) is 6. The molecule has 0 aliphatic carbocycles. The zero-order chi connectivity index (χ0) is 15.9. The van der Waals surface area contributed by atoms with Gasteiger partial charge in [-0.15, -0.1) is 0 Å². The SMILES string of the molecule is COc1ccc(O)c2c(=O)c(O)c(-c3ccc(O)cc3)oc12. The molecule has 3 aromatic rings. The van der Waals surface area contributed by atoms with Crippen LogP contribution in [-0.2, 0) is 0 Å². The number of phenols is 2. The molecule has 22 heavy (non-hydrogen) atoms. The van der Waals surface area contributed by atoms with E-state index in [1.54, 1.807) is 0 Å². The van der Waals surface area contributed by atoms with Gasteiger partial charge in [-0.1, -0.05) is 0 Å². The summed E-state index contributed by atoms with van der Waals surface area (Å²) in [6.07, 6.45) is 0. The van der Waals surface area contributed by atoms with Gasteiger partial charge in [-0.3, -0.25) is 4.79 Å². The zero-order valence-electron chi connectivity index (χ0n) is 11.5. The fourth-order valence-electron chi connectivity index (χ4n) is 2.22. The first kappa shape index (κ1) is 13.8. The number of rotatable bonds is 2. The highest BCUT2D eigenvalue weighted by molar-refractivity contribution is 5.91. The molecule has 1 heterocycles. The van der Waals surface area contributed by atoms with E-state index in [4.69, 9.17) is 9.15 Å². The molecule has 6 nitrogen and oxygen atoms in total. The van der Waals surface area contributed by atoms with Gasteiger partial charge in [0.15, 0.2) is 17.1 Å². The number of phenolic OH excluding ortho intramolecular Hbond substituents is 2. The number of hydrogen-bond donors (Lipinski definition) is 3. The first-order valence-electron chi connectivity index (χ1n) is 6.38. The third-order valence-electron chi connectivity index (χ3n) is 3.31. The number of benzene rings is 2. The van der Waals surface area contributed by atoms with E-state index in [0.717, 1.165) is 0 Å². The Morgan fingerprint density at radius 2 is 1.68 bits per heavy atom. The molecule has 0 aliphatic rings. The molecule has 3 N–H and O–H groups in total. The van der Waals surface area contributed by atoms with Crippen LogP contribution in [-0.4, -0.2) is 22.4 Å². The Kier molecular flexibility index (Phi) is 3.14. The van der Waals surface area contributed by atoms with Gasteiger partial charge in [-0.05, 0) is 36.4 Å². The summed E-state index contributed by atoms with van der Waals surface area (Å²) in [5.41, 5.74) is -0.325. The van der Waals surface area contributed by atoms with E-state index >= 15 is 0 Å². The predicted octanol–water partition coefficient (Wildman–Crippen LogP) is 2.59. The number of fused-ring (bicyclic) bond motifs is 1. The fraction of sp³-hybridized carbons (Fsp3) is 0.0625. The van der Waals surface area contributed by atoms with E-state index in [0.29, 0.717) is 5.56 Å². The lowest BCUT2D eigenvalue weighted by atomic mass is 10.1. The highest BCUT2D eigenvalue weighted by atomic mass is 16.5. The van der Waals surface area contributed by atoms with Crippen LogP contribution < -0.4 is 10.2 Å². The van der Waals surface area contributed by atoms with Crippen molar-refractivity contribution < 1.29 is 24.5 Å². The summed E-state index contributed by atoms with van der Waals surface area (Å²) in [6.45, 7) is 0. The van der Waals surface area contributed by atoms with Crippen LogP contribution in [0.1, 0.15) is 0 Å². The maximum atomic E-state index is 12.3. The standard InChI is InChI=1S/C16H12O6/c1-21-11-7-6-10(18)12-13(19)14(20)15(22-16(11)12)8-2-4-9(17)5-3-8/h2-7,17-18,20H,1H3. The molecule has 112 valence electrons. The van der Waals surface area contributed by atoms with Crippen LogP contribution in [0.2, 0.25) is 0 Å². The van der Waals surface area contributed by atoms with Gasteiger partial charge < -0.3 is 24.5 Å². The third-order valence-corrected chi connectivity index (χ3v) is 3.31. The lowest BCUT2D eigenvalue weighted by molar-refractivity contribution is 0.403. The highest BCUT2D eigenvalue weighted by Gasteiger charge is 2.20. The van der Waals surface area contributed by atoms with Crippen molar-refractivity contribution in [2.45, 2.75) is 0 Å². The molecule has 1 aromatic heterocycles. The summed E-state index contributed by atoms with van der Waals surface area (Å²) in [7, 11) is 1.40. The minimum Gasteiger partial charge on any atom is -0.508 e. The molecule has 6 heteroatoms. The first-order chi connectivity index (χ1) is 10.5. The number of ether oxygens (including phenoxy) is 1. The second-order valence-corrected chi connectivity index (χ2v) is 4.65. The monoisotopic (exact) mass is 300 g/mol. The van der Waals surface area contributed by atoms with E-state index < -0.39 is 11.2 Å². The number of aromatic hydroxyl groups is 3. The molecular formula is C16H12O6. The van der Waals surface area contributed by atoms with Crippen molar-refractivity contribution in [3.63, 3.8) is 0 Å². The smallest absolute Gasteiger partial charge is 0.238 e. The second-order valence-electron chi connectivity index (χ2n) is 4.65. The molecule has 0 amide bonds. The summed E-state index contributed by atoms with van der Waals surface area (Å²) in [6, 6.07) is 8.54. The van der Waals surface area contributed by atoms with Crippen LogP contribution in [0.15, 0.2) is 45.6 Å². The van der Waals surface area contributed by atoms with Crippen LogP contribution in [0.5, 0.6) is 23.0 Å². The normalized spacial score (nSPS) is 10.8. The Hall–Kier alpha value is -3.15. The van der Waals surface area contributed by atoms with Crippen molar-refractivity contribution in [1.82, 2.24) is 0 Å². The highest BCUT2D eigenvalue weighted by Crippen LogP contribution is 2.37. The quantitative estimate of drug-likeness (QED) is 0.672. The zero-order valence-corrected chi connectivity index (χ0v) is 11.5. The summed E-state index contributed by atoms with van der Waals surface area (Å²) in [5, 5.41) is 29.1. The Morgan fingerprint density at radius 3 is 2.32 bits per heavy atom. The third kappa shape index (κ3) is 2.01. The average Bonchev–Trinajstić information content (AvgIpc) is 2.52. The number of methoxy groups -OCH3 is 1. The molecule has 0 spiro atoms. The maximum absolute atomic E-state index is 12.3. The van der Waals surface area contributed by atoms with Crippen molar-refractivity contribution in [2.24, 2.45) is 0 Å². The lowest BCUT2D eigenvalue weighted by Gasteiger charge is -2.09. The van der Waals surface area contributed by atoms with Crippen LogP contribution >= 0.6 is 0 Å². The lowest BCUT2D eigenvalue weighted by Crippen LogP contribution is -2.03. The van der Waals surface area contributed by atoms with E-state index in [9.17, 15) is 20.1 Å². The van der Waals surface area contributed by atoms with Crippen molar-refractivity contribution in [2.75, 3.05) is 7.11 Å². The topological polar surface area (TPSA) is 100 Å². The Bertz CT molecular complexity index is 909. The van der Waals surface area contributed by atoms with Crippen molar-refractivity contribution in [3.05, 3.63) is 46.6 Å². The molecule has 0 saturated heterocycles. The molecule has 0 unspecified atom stereocenters. The van der Waals surface area contributed by atoms with E-state index in [-0.39, 0.29) is 34.0 Å². The summed E-state index contributed by atoms with van der Waals surface area (Å²) >= 11 is 0. The van der Waals surface area contributed by atoms with Gasteiger partial charge in [-0.2, -0.15) is 0 Å². The average molecular weight is 300 g/mol. The van der Waals surface area contributed by atoms with Gasteiger partial charge in [-0.25, -0.2) is 0 Å². The Morgan fingerprint density at radius 1 is 1.00 bits per heavy atom. The van der Waals surface area contributed by atoms with Crippen molar-refractivity contribution >= 4 is 11.0 Å². The maximum Gasteiger partial charge on any atom is 0.238 e. The molecule has 0 atom stereocenters. The summed E-state index contributed by atoms with van der Waals surface area (Å²) < 4.78 is 10.7. The molecule has 2 aromatic carbocycles. The fourth-order valence-corrected chi connectivity index (χ4v) is 2.22. The first-order valence-corrected chi connectivity index (χ1v) is 6.38. The van der Waals surface area contributed by atoms with Gasteiger partial charge in [0, 0.05) is 5.56 Å². The van der Waals surface area contributed by atoms with Crippen LogP contribution in [0.3, 0.4) is 0 Å². The molecule has 0 aliphatic heterocycles. The van der Waals surface area contributed by atoms with Crippen LogP contribution in [0.25, 0.3) is 22.3 Å². The van der Waals surface area contributed by atoms with Gasteiger partial charge in [0.1, 0.15) is 16.9 Å². The van der Waals surface area contributed by atoms with Gasteiger partial charge in [0.2, 0.25) is 11.2 Å². The molecule has 0 fully saturated rings. The summed E-state index contributed by atoms with van der Waals surface area (Å²) in [4.78, 5) is 12.3. The van der Waals surface area contributed by atoms with Crippen molar-refractivity contribution in [1.29, 1.82) is 0 Å². The predicted molar refractivity (Wildman–Crippen MR) is 79.5 cm³/mol. The van der Waals surface area contributed by atoms with Gasteiger partial charge in [0.05, 0.1) is 7.11 Å². The second kappa shape index (κ2) is 5.00. The van der Waals surface area contributed by atoms with Gasteiger partial charge >= 0.3 is 0 Å². The molecule has 0 saturated carbocycles. The van der Waals surface area contributed by atoms with E-state index in [2.05, 4.69) is 0 Å². The molecular weight excluding hydrogens is 288 g/mol. The Labute approximate surface area is 124 Å². The van der Waals surface area contributed by atoms with E-state index in [1.165, 1.54) is 43.5 Å². The van der Waals surface area contributed by atoms with Crippen LogP contribution in [0.4, 0.5) is 0 Å². The minimum atomic E-state index is -0.763. The molecule has 0 bridgehead atoms. The summed E-state index contributed by atoms with van der Waals surface area (Å²) in [5.74, 6) is -0.702. The van der Waals surface area contributed by atoms with E-state index in [1.807, 2.05) is 0 Å². The van der Waals surface area contributed by atoms with Crippen LogP contribution in [0, 0.1) is 0 Å². The molecule has 0 radical (unpaired) electrons. The van der Waals surface area contributed by atoms with Crippen molar-refractivity contribution in [3.8, 4) is 34.3 Å². The van der Waals surface area contributed by atoms with Gasteiger partial charge in [0.25, 0.3) is 0 Å². The Balaban J connectivity index is 2.40. The molecule has 3 rings (SSSR count). The largest absolute Gasteiger partial charge is 0.508 e. The minimum absolute atomic E-state index is 0.0355.